The fraction of sp³-hybridized carbons (Fsp3) is 0.286. The Balaban J connectivity index is 2.74. The van der Waals surface area contributed by atoms with Gasteiger partial charge < -0.3 is 15.9 Å². The van der Waals surface area contributed by atoms with Crippen molar-refractivity contribution in [2.45, 2.75) is 18.9 Å². The Morgan fingerprint density at radius 3 is 2.21 bits per heavy atom. The fourth-order valence-corrected chi connectivity index (χ4v) is 1.75. The lowest BCUT2D eigenvalue weighted by molar-refractivity contribution is -0.143. The van der Waals surface area contributed by atoms with E-state index in [0.717, 1.165) is 11.1 Å². The number of rotatable bonds is 7. The zero-order valence-corrected chi connectivity index (χ0v) is 10.5. The lowest BCUT2D eigenvalue weighted by Gasteiger charge is -2.15. The zero-order valence-electron chi connectivity index (χ0n) is 10.5. The summed E-state index contributed by atoms with van der Waals surface area (Å²) in [6, 6.07) is 6.11. The molecule has 5 nitrogen and oxygen atoms in total. The van der Waals surface area contributed by atoms with E-state index in [2.05, 4.69) is 6.58 Å². The molecule has 0 heterocycles. The highest BCUT2D eigenvalue weighted by Gasteiger charge is 2.24. The molecule has 1 aromatic carbocycles. The van der Waals surface area contributed by atoms with Gasteiger partial charge in [0.25, 0.3) is 0 Å². The molecule has 0 saturated heterocycles. The van der Waals surface area contributed by atoms with Gasteiger partial charge in [-0.3, -0.25) is 9.59 Å². The molecule has 2 atom stereocenters. The molecule has 19 heavy (non-hydrogen) atoms. The van der Waals surface area contributed by atoms with Crippen LogP contribution in [0.25, 0.3) is 6.08 Å². The van der Waals surface area contributed by atoms with E-state index < -0.39 is 23.9 Å². The predicted molar refractivity (Wildman–Crippen MR) is 71.6 cm³/mol. The third kappa shape index (κ3) is 4.56. The van der Waals surface area contributed by atoms with E-state index in [1.54, 1.807) is 18.2 Å². The third-order valence-electron chi connectivity index (χ3n) is 2.90. The molecule has 1 unspecified atom stereocenters. The quantitative estimate of drug-likeness (QED) is 0.690. The van der Waals surface area contributed by atoms with Gasteiger partial charge in [-0.1, -0.05) is 36.9 Å². The summed E-state index contributed by atoms with van der Waals surface area (Å²) < 4.78 is 0. The fourth-order valence-electron chi connectivity index (χ4n) is 1.75. The monoisotopic (exact) mass is 263 g/mol. The first kappa shape index (κ1) is 14.9. The van der Waals surface area contributed by atoms with E-state index in [4.69, 9.17) is 15.9 Å². The van der Waals surface area contributed by atoms with Gasteiger partial charge in [0.1, 0.15) is 6.04 Å². The third-order valence-corrected chi connectivity index (χ3v) is 2.90. The van der Waals surface area contributed by atoms with E-state index >= 15 is 0 Å². The summed E-state index contributed by atoms with van der Waals surface area (Å²) in [5.41, 5.74) is 7.15. The van der Waals surface area contributed by atoms with Crippen LogP contribution < -0.4 is 5.73 Å². The van der Waals surface area contributed by atoms with Crippen LogP contribution >= 0.6 is 0 Å². The number of hydrogen-bond donors (Lipinski definition) is 3. The van der Waals surface area contributed by atoms with E-state index in [-0.39, 0.29) is 12.8 Å². The summed E-state index contributed by atoms with van der Waals surface area (Å²) in [5, 5.41) is 17.8. The Kier molecular flexibility index (Phi) is 5.26. The normalized spacial score (nSPS) is 13.5. The highest BCUT2D eigenvalue weighted by atomic mass is 16.4. The first-order valence-corrected chi connectivity index (χ1v) is 5.86. The SMILES string of the molecule is C=Cc1ccc(CC(C[C@H](N)C(=O)O)C(=O)O)cc1. The van der Waals surface area contributed by atoms with E-state index in [1.165, 1.54) is 0 Å². The Bertz CT molecular complexity index is 467. The minimum Gasteiger partial charge on any atom is -0.481 e. The number of hydrogen-bond acceptors (Lipinski definition) is 3. The van der Waals surface area contributed by atoms with Crippen molar-refractivity contribution in [3.8, 4) is 0 Å². The molecular weight excluding hydrogens is 246 g/mol. The largest absolute Gasteiger partial charge is 0.481 e. The summed E-state index contributed by atoms with van der Waals surface area (Å²) in [6.07, 6.45) is 1.86. The van der Waals surface area contributed by atoms with Crippen LogP contribution in [0.2, 0.25) is 0 Å². The number of carbonyl (C=O) groups is 2. The molecule has 0 radical (unpaired) electrons. The van der Waals surface area contributed by atoms with Crippen LogP contribution in [0.1, 0.15) is 17.5 Å². The molecule has 0 saturated carbocycles. The first-order valence-electron chi connectivity index (χ1n) is 5.86. The summed E-state index contributed by atoms with van der Waals surface area (Å²) in [5.74, 6) is -3.03. The first-order chi connectivity index (χ1) is 8.93. The maximum Gasteiger partial charge on any atom is 0.320 e. The van der Waals surface area contributed by atoms with Gasteiger partial charge in [0, 0.05) is 0 Å². The number of carboxylic acid groups (broad SMARTS) is 2. The molecule has 0 spiro atoms. The van der Waals surface area contributed by atoms with Crippen LogP contribution in [-0.2, 0) is 16.0 Å². The van der Waals surface area contributed by atoms with Gasteiger partial charge in [0.15, 0.2) is 0 Å². The van der Waals surface area contributed by atoms with Gasteiger partial charge in [-0.05, 0) is 24.0 Å². The van der Waals surface area contributed by atoms with E-state index in [1.807, 2.05) is 12.1 Å². The lowest BCUT2D eigenvalue weighted by Crippen LogP contribution is -2.35. The van der Waals surface area contributed by atoms with Crippen LogP contribution in [0.5, 0.6) is 0 Å². The predicted octanol–water partition coefficient (Wildman–Crippen LogP) is 1.37. The molecule has 4 N–H and O–H groups in total. The molecule has 5 heteroatoms. The van der Waals surface area contributed by atoms with Crippen molar-refractivity contribution in [1.82, 2.24) is 0 Å². The molecule has 0 bridgehead atoms. The smallest absolute Gasteiger partial charge is 0.320 e. The standard InChI is InChI=1S/C14H17NO4/c1-2-9-3-5-10(6-4-9)7-11(13(16)17)8-12(15)14(18)19/h2-6,11-12H,1,7-8,15H2,(H,16,17)(H,18,19)/t11?,12-/m0/s1. The minimum absolute atomic E-state index is 0.0894. The number of aliphatic carboxylic acids is 2. The number of nitrogens with two attached hydrogens (primary N) is 1. The van der Waals surface area contributed by atoms with Crippen molar-refractivity contribution < 1.29 is 19.8 Å². The average Bonchev–Trinajstić information content (AvgIpc) is 2.38. The topological polar surface area (TPSA) is 101 Å². The Labute approximate surface area is 111 Å². The Morgan fingerprint density at radius 2 is 1.79 bits per heavy atom. The lowest BCUT2D eigenvalue weighted by atomic mass is 9.92. The van der Waals surface area contributed by atoms with Crippen molar-refractivity contribution >= 4 is 18.0 Å². The molecule has 0 aromatic heterocycles. The van der Waals surface area contributed by atoms with Gasteiger partial charge in [-0.25, -0.2) is 0 Å². The second-order valence-corrected chi connectivity index (χ2v) is 4.37. The molecule has 1 aromatic rings. The van der Waals surface area contributed by atoms with Gasteiger partial charge in [0.05, 0.1) is 5.92 Å². The van der Waals surface area contributed by atoms with Crippen LogP contribution in [0, 0.1) is 5.92 Å². The van der Waals surface area contributed by atoms with Gasteiger partial charge in [0.2, 0.25) is 0 Å². The highest BCUT2D eigenvalue weighted by Crippen LogP contribution is 2.15. The zero-order chi connectivity index (χ0) is 14.4. The van der Waals surface area contributed by atoms with Crippen molar-refractivity contribution in [2.75, 3.05) is 0 Å². The van der Waals surface area contributed by atoms with Crippen molar-refractivity contribution in [1.29, 1.82) is 0 Å². The maximum absolute atomic E-state index is 11.1. The Hall–Kier alpha value is -2.14. The number of carboxylic acids is 2. The van der Waals surface area contributed by atoms with Gasteiger partial charge in [-0.15, -0.1) is 0 Å². The summed E-state index contributed by atoms with van der Waals surface area (Å²) in [6.45, 7) is 3.63. The van der Waals surface area contributed by atoms with Crippen molar-refractivity contribution in [2.24, 2.45) is 11.7 Å². The average molecular weight is 263 g/mol. The van der Waals surface area contributed by atoms with Crippen LogP contribution in [-0.4, -0.2) is 28.2 Å². The van der Waals surface area contributed by atoms with Crippen LogP contribution in [0.3, 0.4) is 0 Å². The van der Waals surface area contributed by atoms with Crippen molar-refractivity contribution in [3.63, 3.8) is 0 Å². The molecule has 0 aliphatic carbocycles. The minimum atomic E-state index is -1.19. The molecular formula is C14H17NO4. The molecule has 0 aliphatic heterocycles. The molecule has 0 fully saturated rings. The summed E-state index contributed by atoms with van der Waals surface area (Å²) in [7, 11) is 0. The molecule has 102 valence electrons. The van der Waals surface area contributed by atoms with Gasteiger partial charge >= 0.3 is 11.9 Å². The Morgan fingerprint density at radius 1 is 1.21 bits per heavy atom. The maximum atomic E-state index is 11.1. The second kappa shape index (κ2) is 6.70. The molecule has 1 rings (SSSR count). The molecule has 0 aliphatic rings. The molecule has 0 amide bonds. The van der Waals surface area contributed by atoms with Crippen LogP contribution in [0.15, 0.2) is 30.8 Å². The van der Waals surface area contributed by atoms with E-state index in [9.17, 15) is 9.59 Å². The van der Waals surface area contributed by atoms with Crippen molar-refractivity contribution in [3.05, 3.63) is 42.0 Å². The number of benzene rings is 1. The summed E-state index contributed by atoms with van der Waals surface area (Å²) in [4.78, 5) is 21.8. The summed E-state index contributed by atoms with van der Waals surface area (Å²) >= 11 is 0. The van der Waals surface area contributed by atoms with Gasteiger partial charge in [-0.2, -0.15) is 0 Å². The van der Waals surface area contributed by atoms with Crippen LogP contribution in [0.4, 0.5) is 0 Å². The second-order valence-electron chi connectivity index (χ2n) is 4.37. The highest BCUT2D eigenvalue weighted by molar-refractivity contribution is 5.76. The van der Waals surface area contributed by atoms with E-state index in [0.29, 0.717) is 0 Å².